The van der Waals surface area contributed by atoms with Crippen LogP contribution in [0.4, 0.5) is 17.1 Å². The average molecular weight is 828 g/mol. The molecule has 0 radical (unpaired) electrons. The fourth-order valence-electron chi connectivity index (χ4n) is 11.7. The van der Waals surface area contributed by atoms with Gasteiger partial charge in [-0.3, -0.25) is 0 Å². The molecule has 0 saturated heterocycles. The first-order valence-electron chi connectivity index (χ1n) is 22.8. The minimum absolute atomic E-state index is 0.123. The van der Waals surface area contributed by atoms with E-state index in [1.54, 1.807) is 0 Å². The number of hydrogen-bond acceptors (Lipinski definition) is 1. The molecule has 0 spiro atoms. The van der Waals surface area contributed by atoms with Crippen LogP contribution >= 0.6 is 0 Å². The molecule has 11 aromatic rings. The van der Waals surface area contributed by atoms with Gasteiger partial charge in [0, 0.05) is 22.5 Å². The number of fused-ring (bicyclic) bond motifs is 12. The van der Waals surface area contributed by atoms with Crippen LogP contribution in [0, 0.1) is 0 Å². The van der Waals surface area contributed by atoms with Crippen molar-refractivity contribution in [3.8, 4) is 33.4 Å². The van der Waals surface area contributed by atoms with Crippen LogP contribution in [0.1, 0.15) is 47.2 Å². The molecule has 0 fully saturated rings. The summed E-state index contributed by atoms with van der Waals surface area (Å²) < 4.78 is 0. The molecule has 0 N–H and O–H groups in total. The summed E-state index contributed by atoms with van der Waals surface area (Å²) in [6.07, 6.45) is 0. The molecular formula is C64H45N. The second kappa shape index (κ2) is 14.3. The van der Waals surface area contributed by atoms with Gasteiger partial charge in [-0.15, -0.1) is 0 Å². The van der Waals surface area contributed by atoms with Crippen molar-refractivity contribution in [3.05, 3.63) is 270 Å². The van der Waals surface area contributed by atoms with Crippen molar-refractivity contribution >= 4 is 49.4 Å². The number of anilines is 3. The third-order valence-corrected chi connectivity index (χ3v) is 14.7. The van der Waals surface area contributed by atoms with E-state index in [-0.39, 0.29) is 5.41 Å². The normalized spacial score (nSPS) is 13.9. The Labute approximate surface area is 380 Å². The Morgan fingerprint density at radius 2 is 0.692 bits per heavy atom. The van der Waals surface area contributed by atoms with Crippen LogP contribution < -0.4 is 4.90 Å². The minimum atomic E-state index is -0.557. The summed E-state index contributed by atoms with van der Waals surface area (Å²) in [6, 6.07) is 88.4. The van der Waals surface area contributed by atoms with Gasteiger partial charge in [-0.25, -0.2) is 0 Å². The average Bonchev–Trinajstić information content (AvgIpc) is 3.80. The predicted molar refractivity (Wildman–Crippen MR) is 274 cm³/mol. The molecule has 1 heteroatoms. The largest absolute Gasteiger partial charge is 0.310 e. The zero-order chi connectivity index (χ0) is 43.3. The van der Waals surface area contributed by atoms with E-state index in [0.29, 0.717) is 0 Å². The molecule has 306 valence electrons. The minimum Gasteiger partial charge on any atom is -0.310 e. The van der Waals surface area contributed by atoms with Gasteiger partial charge in [0.2, 0.25) is 0 Å². The molecule has 0 amide bonds. The molecule has 0 saturated carbocycles. The van der Waals surface area contributed by atoms with Gasteiger partial charge in [0.05, 0.1) is 5.41 Å². The molecule has 0 aliphatic heterocycles. The van der Waals surface area contributed by atoms with E-state index in [4.69, 9.17) is 0 Å². The molecule has 2 aliphatic carbocycles. The van der Waals surface area contributed by atoms with E-state index < -0.39 is 5.41 Å². The summed E-state index contributed by atoms with van der Waals surface area (Å²) in [5.74, 6) is 0. The molecule has 0 unspecified atom stereocenters. The van der Waals surface area contributed by atoms with Crippen molar-refractivity contribution in [2.24, 2.45) is 0 Å². The van der Waals surface area contributed by atoms with Crippen molar-refractivity contribution in [1.82, 2.24) is 0 Å². The standard InChI is InChI=1S/C64H45N/c1-63(2)59-25-13-10-22-54(59)57-39-37-48(41-62(57)63)65(46-33-28-43(29-34-46)42-16-4-3-5-17-42)47-35-30-44(31-36-47)64(60-26-14-11-23-55(60)56-24-12-15-27-61(56)64)45-32-38-53-51-20-7-6-18-49(51)50-19-8-9-21-52(50)58(53)40-45/h3-41H,1-2H3. The monoisotopic (exact) mass is 827 g/mol. The highest BCUT2D eigenvalue weighted by Gasteiger charge is 2.46. The number of hydrogen-bond donors (Lipinski definition) is 0. The van der Waals surface area contributed by atoms with Gasteiger partial charge in [-0.05, 0) is 142 Å². The predicted octanol–water partition coefficient (Wildman–Crippen LogP) is 17.0. The number of benzene rings is 11. The second-order valence-electron chi connectivity index (χ2n) is 18.4. The Morgan fingerprint density at radius 1 is 0.277 bits per heavy atom. The Kier molecular flexibility index (Phi) is 8.24. The van der Waals surface area contributed by atoms with Crippen molar-refractivity contribution < 1.29 is 0 Å². The lowest BCUT2D eigenvalue weighted by molar-refractivity contribution is 0.660. The number of rotatable bonds is 6. The summed E-state index contributed by atoms with van der Waals surface area (Å²) in [5.41, 5.74) is 18.2. The fraction of sp³-hybridized carbons (Fsp3) is 0.0625. The van der Waals surface area contributed by atoms with Crippen LogP contribution in [0.5, 0.6) is 0 Å². The molecule has 0 bridgehead atoms. The third-order valence-electron chi connectivity index (χ3n) is 14.7. The lowest BCUT2D eigenvalue weighted by Crippen LogP contribution is -2.28. The van der Waals surface area contributed by atoms with Crippen molar-refractivity contribution in [3.63, 3.8) is 0 Å². The summed E-state index contributed by atoms with van der Waals surface area (Å²) >= 11 is 0. The van der Waals surface area contributed by atoms with E-state index in [1.165, 1.54) is 99.1 Å². The van der Waals surface area contributed by atoms with Crippen LogP contribution in [0.25, 0.3) is 65.7 Å². The molecule has 1 nitrogen and oxygen atoms in total. The van der Waals surface area contributed by atoms with Gasteiger partial charge in [0.1, 0.15) is 0 Å². The Morgan fingerprint density at radius 3 is 1.29 bits per heavy atom. The van der Waals surface area contributed by atoms with Crippen LogP contribution in [0.15, 0.2) is 237 Å². The summed E-state index contributed by atoms with van der Waals surface area (Å²) in [7, 11) is 0. The topological polar surface area (TPSA) is 3.24 Å². The molecule has 11 aromatic carbocycles. The molecule has 65 heavy (non-hydrogen) atoms. The van der Waals surface area contributed by atoms with Crippen LogP contribution in [0.2, 0.25) is 0 Å². The van der Waals surface area contributed by atoms with Gasteiger partial charge in [-0.2, -0.15) is 0 Å². The molecule has 13 rings (SSSR count). The zero-order valence-electron chi connectivity index (χ0n) is 36.5. The van der Waals surface area contributed by atoms with Crippen molar-refractivity contribution in [2.45, 2.75) is 24.7 Å². The maximum absolute atomic E-state index is 2.50. The maximum atomic E-state index is 2.50. The van der Waals surface area contributed by atoms with E-state index in [0.717, 1.165) is 17.1 Å². The SMILES string of the molecule is CC1(C)c2ccccc2-c2ccc(N(c3ccc(-c4ccccc4)cc3)c3ccc(C4(c5ccc6c7ccccc7c7ccccc7c6c5)c5ccccc5-c5ccccc54)cc3)cc21. The van der Waals surface area contributed by atoms with Gasteiger partial charge < -0.3 is 4.90 Å². The fourth-order valence-corrected chi connectivity index (χ4v) is 11.7. The van der Waals surface area contributed by atoms with Crippen molar-refractivity contribution in [1.29, 1.82) is 0 Å². The van der Waals surface area contributed by atoms with Crippen LogP contribution in [-0.4, -0.2) is 0 Å². The summed E-state index contributed by atoms with van der Waals surface area (Å²) in [6.45, 7) is 4.73. The Balaban J connectivity index is 1.02. The first-order chi connectivity index (χ1) is 32.0. The lowest BCUT2D eigenvalue weighted by Gasteiger charge is -2.35. The van der Waals surface area contributed by atoms with Crippen molar-refractivity contribution in [2.75, 3.05) is 4.90 Å². The first kappa shape index (κ1) is 37.5. The molecule has 0 aromatic heterocycles. The molecule has 2 aliphatic rings. The Hall–Kier alpha value is -8.00. The highest BCUT2D eigenvalue weighted by Crippen LogP contribution is 2.57. The molecule has 0 heterocycles. The first-order valence-corrected chi connectivity index (χ1v) is 22.8. The van der Waals surface area contributed by atoms with Crippen LogP contribution in [-0.2, 0) is 10.8 Å². The van der Waals surface area contributed by atoms with Gasteiger partial charge in [0.15, 0.2) is 0 Å². The smallest absolute Gasteiger partial charge is 0.0713 e. The zero-order valence-corrected chi connectivity index (χ0v) is 36.5. The maximum Gasteiger partial charge on any atom is 0.0713 e. The second-order valence-corrected chi connectivity index (χ2v) is 18.4. The van der Waals surface area contributed by atoms with E-state index in [2.05, 4.69) is 255 Å². The molecule has 0 atom stereocenters. The van der Waals surface area contributed by atoms with E-state index in [9.17, 15) is 0 Å². The molecular weight excluding hydrogens is 783 g/mol. The lowest BCUT2D eigenvalue weighted by atomic mass is 9.67. The summed E-state index contributed by atoms with van der Waals surface area (Å²) in [5, 5.41) is 7.70. The van der Waals surface area contributed by atoms with E-state index >= 15 is 0 Å². The number of nitrogens with zero attached hydrogens (tertiary/aromatic N) is 1. The van der Waals surface area contributed by atoms with E-state index in [1.807, 2.05) is 0 Å². The van der Waals surface area contributed by atoms with Gasteiger partial charge >= 0.3 is 0 Å². The highest BCUT2D eigenvalue weighted by molar-refractivity contribution is 6.25. The quantitative estimate of drug-likeness (QED) is 0.151. The Bertz CT molecular complexity index is 3590. The summed E-state index contributed by atoms with van der Waals surface area (Å²) in [4.78, 5) is 2.44. The van der Waals surface area contributed by atoms with Gasteiger partial charge in [-0.1, -0.05) is 208 Å². The third kappa shape index (κ3) is 5.46. The highest BCUT2D eigenvalue weighted by atomic mass is 15.1. The van der Waals surface area contributed by atoms with Gasteiger partial charge in [0.25, 0.3) is 0 Å². The van der Waals surface area contributed by atoms with Crippen LogP contribution in [0.3, 0.4) is 0 Å².